The molecule has 2 fully saturated rings. The maximum absolute atomic E-state index is 13.9. The number of halogens is 2. The van der Waals surface area contributed by atoms with Gasteiger partial charge in [0.25, 0.3) is 5.91 Å². The number of carbonyl (C=O) groups excluding carboxylic acids is 1. The SMILES string of the molecule is CC1(C)S[C@@H]2[C@H](N=C([O-])COc3ccc(/C=C/C4=NC(=C/c5ccc(-c6ccc[nH]6)n5B(F)F)/C=C4)cc3)C(=O)N2[C@H]1C(=O)O.[Na+]. The Balaban J connectivity index is 0.00000417. The summed E-state index contributed by atoms with van der Waals surface area (Å²) in [7, 11) is -2.72. The molecule has 3 aliphatic heterocycles. The van der Waals surface area contributed by atoms with Gasteiger partial charge >= 0.3 is 42.9 Å². The van der Waals surface area contributed by atoms with Crippen LogP contribution in [0.5, 0.6) is 5.75 Å². The normalized spacial score (nSPS) is 22.5. The van der Waals surface area contributed by atoms with E-state index < -0.39 is 47.4 Å². The molecule has 46 heavy (non-hydrogen) atoms. The first-order valence-corrected chi connectivity index (χ1v) is 14.9. The smallest absolute Gasteiger partial charge is 0.860 e. The van der Waals surface area contributed by atoms with Crippen molar-refractivity contribution in [2.45, 2.75) is 36.1 Å². The second kappa shape index (κ2) is 13.5. The van der Waals surface area contributed by atoms with Crippen LogP contribution < -0.4 is 39.4 Å². The minimum atomic E-state index is -2.72. The number of hydrogen-bond acceptors (Lipinski definition) is 7. The quantitative estimate of drug-likeness (QED) is 0.145. The van der Waals surface area contributed by atoms with Crippen LogP contribution in [0.25, 0.3) is 23.5 Å². The first-order valence-electron chi connectivity index (χ1n) is 14.0. The number of amides is 1. The van der Waals surface area contributed by atoms with E-state index in [1.165, 1.54) is 16.7 Å². The number of aromatic nitrogens is 2. The van der Waals surface area contributed by atoms with Crippen molar-refractivity contribution in [2.75, 3.05) is 6.61 Å². The van der Waals surface area contributed by atoms with Gasteiger partial charge in [0.05, 0.1) is 22.8 Å². The monoisotopic (exact) mass is 653 g/mol. The van der Waals surface area contributed by atoms with Crippen molar-refractivity contribution in [1.29, 1.82) is 0 Å². The van der Waals surface area contributed by atoms with Gasteiger partial charge in [-0.25, -0.2) is 9.79 Å². The number of nitrogens with zero attached hydrogens (tertiary/aromatic N) is 4. The van der Waals surface area contributed by atoms with Crippen LogP contribution in [0, 0.1) is 0 Å². The van der Waals surface area contributed by atoms with Crippen molar-refractivity contribution in [2.24, 2.45) is 9.98 Å². The molecule has 2 aromatic heterocycles. The summed E-state index contributed by atoms with van der Waals surface area (Å²) in [5.41, 5.74) is 3.34. The van der Waals surface area contributed by atoms with E-state index >= 15 is 0 Å². The molecule has 2 N–H and O–H groups in total. The molecule has 0 saturated carbocycles. The number of β-lactam (4-membered cyclic amide) rings is 1. The van der Waals surface area contributed by atoms with E-state index in [0.717, 1.165) is 10.0 Å². The number of fused-ring (bicyclic) bond motifs is 1. The molecule has 0 bridgehead atoms. The van der Waals surface area contributed by atoms with Gasteiger partial charge in [-0.2, -0.15) is 0 Å². The number of rotatable bonds is 10. The minimum Gasteiger partial charge on any atom is -0.860 e. The maximum atomic E-state index is 13.9. The molecular formula is C31H27BF2N5NaO5S. The number of aliphatic carboxylic acids is 1. The summed E-state index contributed by atoms with van der Waals surface area (Å²) in [6, 6.07) is 11.8. The Hall–Kier alpha value is -3.85. The number of ether oxygens (including phenoxy) is 1. The molecule has 5 heterocycles. The third-order valence-electron chi connectivity index (χ3n) is 7.62. The molecular weight excluding hydrogens is 626 g/mol. The standard InChI is InChI=1S/C31H28BF2N5O5S.Na/c1-31(2)27(30(42)43)38-28(41)26(29(38)45-31)37-25(40)17-44-22-12-6-18(7-13-22)5-8-19-9-10-20(36-19)16-21-11-14-24(39(21)32(33)34)23-4-3-15-35-23;/h3-16,26-27,29,35H,17H2,1-2H3,(H,37,40)(H,42,43);/q;+1/p-1/b8-5+,20-16+;/t26-,27+,29-;/m1./s1. The van der Waals surface area contributed by atoms with Crippen LogP contribution in [-0.2, 0) is 9.59 Å². The van der Waals surface area contributed by atoms with Gasteiger partial charge in [-0.1, -0.05) is 18.2 Å². The fourth-order valence-corrected chi connectivity index (χ4v) is 7.14. The molecule has 230 valence electrons. The molecule has 15 heteroatoms. The molecule has 0 radical (unpaired) electrons. The first-order chi connectivity index (χ1) is 21.5. The summed E-state index contributed by atoms with van der Waals surface area (Å²) >= 11 is 1.33. The Morgan fingerprint density at radius 2 is 1.96 bits per heavy atom. The van der Waals surface area contributed by atoms with Crippen molar-refractivity contribution in [3.63, 3.8) is 0 Å². The van der Waals surface area contributed by atoms with E-state index in [1.807, 2.05) is 6.08 Å². The van der Waals surface area contributed by atoms with Gasteiger partial charge in [0.1, 0.15) is 23.8 Å². The van der Waals surface area contributed by atoms with Gasteiger partial charge in [-0.05, 0) is 86.0 Å². The van der Waals surface area contributed by atoms with Gasteiger partial charge in [-0.3, -0.25) is 18.4 Å². The fourth-order valence-electron chi connectivity index (χ4n) is 5.53. The zero-order valence-corrected chi connectivity index (χ0v) is 27.9. The number of carboxylic acids is 1. The summed E-state index contributed by atoms with van der Waals surface area (Å²) in [4.78, 5) is 36.9. The molecule has 3 aliphatic rings. The Morgan fingerprint density at radius 3 is 2.63 bits per heavy atom. The molecule has 3 aromatic rings. The molecule has 3 atom stereocenters. The zero-order chi connectivity index (χ0) is 31.9. The predicted octanol–water partition coefficient (Wildman–Crippen LogP) is 0.977. The average Bonchev–Trinajstić information content (AvgIpc) is 3.80. The molecule has 0 unspecified atom stereocenters. The predicted molar refractivity (Wildman–Crippen MR) is 168 cm³/mol. The molecule has 1 aromatic carbocycles. The van der Waals surface area contributed by atoms with Crippen molar-refractivity contribution in [1.82, 2.24) is 14.4 Å². The van der Waals surface area contributed by atoms with Crippen LogP contribution in [0.15, 0.2) is 88.6 Å². The van der Waals surface area contributed by atoms with Gasteiger partial charge in [0.15, 0.2) is 6.04 Å². The number of hydrogen-bond donors (Lipinski definition) is 2. The van der Waals surface area contributed by atoms with Crippen molar-refractivity contribution >= 4 is 54.8 Å². The molecule has 0 aliphatic carbocycles. The summed E-state index contributed by atoms with van der Waals surface area (Å²) in [5.74, 6) is -1.72. The number of thioether (sulfide) groups is 1. The zero-order valence-electron chi connectivity index (χ0n) is 25.1. The van der Waals surface area contributed by atoms with E-state index in [2.05, 4.69) is 15.0 Å². The third kappa shape index (κ3) is 6.66. The summed E-state index contributed by atoms with van der Waals surface area (Å²) in [5, 5.41) is 21.5. The van der Waals surface area contributed by atoms with Crippen LogP contribution in [0.2, 0.25) is 0 Å². The average molecular weight is 653 g/mol. The topological polar surface area (TPSA) is 135 Å². The molecule has 0 spiro atoms. The van der Waals surface area contributed by atoms with Crippen molar-refractivity contribution in [3.8, 4) is 17.1 Å². The first kappa shape index (κ1) is 33.5. The Kier molecular flexibility index (Phi) is 9.82. The molecule has 10 nitrogen and oxygen atoms in total. The maximum Gasteiger partial charge on any atom is 1.00 e. The number of benzene rings is 1. The van der Waals surface area contributed by atoms with E-state index in [1.54, 1.807) is 92.9 Å². The minimum absolute atomic E-state index is 0. The van der Waals surface area contributed by atoms with Crippen LogP contribution in [-0.4, -0.2) is 79.2 Å². The largest absolute Gasteiger partial charge is 1.00 e. The van der Waals surface area contributed by atoms with Gasteiger partial charge in [0.2, 0.25) is 0 Å². The van der Waals surface area contributed by atoms with E-state index in [9.17, 15) is 28.4 Å². The number of allylic oxidation sites excluding steroid dienone is 3. The van der Waals surface area contributed by atoms with Crippen LogP contribution in [0.3, 0.4) is 0 Å². The Labute approximate surface area is 290 Å². The number of carbonyl (C=O) groups is 2. The van der Waals surface area contributed by atoms with E-state index in [4.69, 9.17) is 4.74 Å². The Morgan fingerprint density at radius 1 is 1.20 bits per heavy atom. The van der Waals surface area contributed by atoms with Crippen LogP contribution in [0.1, 0.15) is 25.1 Å². The van der Waals surface area contributed by atoms with Gasteiger partial charge in [-0.15, -0.1) is 11.8 Å². The number of carboxylic acid groups (broad SMARTS) is 1. The van der Waals surface area contributed by atoms with Crippen LogP contribution in [0.4, 0.5) is 8.63 Å². The summed E-state index contributed by atoms with van der Waals surface area (Å²) < 4.78 is 33.5. The van der Waals surface area contributed by atoms with E-state index in [-0.39, 0.29) is 36.2 Å². The Bertz CT molecular complexity index is 1790. The molecule has 1 amide bonds. The van der Waals surface area contributed by atoms with E-state index in [0.29, 0.717) is 34.2 Å². The number of aromatic amines is 1. The second-order valence-corrected chi connectivity index (χ2v) is 12.8. The van der Waals surface area contributed by atoms with Crippen molar-refractivity contribution in [3.05, 3.63) is 89.9 Å². The second-order valence-electron chi connectivity index (χ2n) is 11.1. The number of nitrogens with one attached hydrogen (secondary N) is 1. The van der Waals surface area contributed by atoms with Crippen molar-refractivity contribution < 1.29 is 62.7 Å². The summed E-state index contributed by atoms with van der Waals surface area (Å²) in [6.07, 6.45) is 10.5. The van der Waals surface area contributed by atoms with Gasteiger partial charge in [0, 0.05) is 16.6 Å². The third-order valence-corrected chi connectivity index (χ3v) is 9.17. The number of H-pyrrole nitrogens is 1. The molecule has 2 saturated heterocycles. The van der Waals surface area contributed by atoms with Gasteiger partial charge < -0.3 is 29.3 Å². The van der Waals surface area contributed by atoms with Crippen LogP contribution >= 0.6 is 11.8 Å². The fraction of sp³-hybridized carbons (Fsp3) is 0.226. The molecule has 6 rings (SSSR count). The number of aliphatic imine (C=N–C) groups is 2. The summed E-state index contributed by atoms with van der Waals surface area (Å²) in [6.45, 7) is 3.16.